The summed E-state index contributed by atoms with van der Waals surface area (Å²) in [7, 11) is 1.90. The van der Waals surface area contributed by atoms with Crippen LogP contribution in [0.2, 0.25) is 0 Å². The molecular formula is C11H16FNO. The zero-order valence-electron chi connectivity index (χ0n) is 8.63. The van der Waals surface area contributed by atoms with Crippen molar-refractivity contribution in [2.75, 3.05) is 20.2 Å². The molecule has 1 aromatic rings. The van der Waals surface area contributed by atoms with Gasteiger partial charge in [-0.1, -0.05) is 6.07 Å². The lowest BCUT2D eigenvalue weighted by Crippen LogP contribution is -2.21. The summed E-state index contributed by atoms with van der Waals surface area (Å²) in [6.45, 7) is 3.28. The van der Waals surface area contributed by atoms with Gasteiger partial charge in [-0.3, -0.25) is 4.90 Å². The van der Waals surface area contributed by atoms with Gasteiger partial charge in [0.25, 0.3) is 0 Å². The summed E-state index contributed by atoms with van der Waals surface area (Å²) < 4.78 is 13.0. The van der Waals surface area contributed by atoms with Crippen LogP contribution in [-0.2, 0) is 6.54 Å². The van der Waals surface area contributed by atoms with Crippen LogP contribution >= 0.6 is 0 Å². The van der Waals surface area contributed by atoms with Gasteiger partial charge in [0.05, 0.1) is 6.61 Å². The van der Waals surface area contributed by atoms with Crippen LogP contribution in [0.4, 0.5) is 4.39 Å². The largest absolute Gasteiger partial charge is 0.395 e. The normalized spacial score (nSPS) is 10.9. The molecule has 0 spiro atoms. The summed E-state index contributed by atoms with van der Waals surface area (Å²) in [5.41, 5.74) is 1.87. The molecule has 0 saturated carbocycles. The van der Waals surface area contributed by atoms with Crippen molar-refractivity contribution in [2.45, 2.75) is 13.5 Å². The van der Waals surface area contributed by atoms with Gasteiger partial charge in [-0.25, -0.2) is 4.39 Å². The van der Waals surface area contributed by atoms with Crippen molar-refractivity contribution in [1.29, 1.82) is 0 Å². The smallest absolute Gasteiger partial charge is 0.123 e. The molecule has 0 unspecified atom stereocenters. The third-order valence-corrected chi connectivity index (χ3v) is 2.04. The maximum atomic E-state index is 13.0. The molecule has 1 N–H and O–H groups in total. The topological polar surface area (TPSA) is 23.5 Å². The highest BCUT2D eigenvalue weighted by Gasteiger charge is 2.01. The standard InChI is InChI=1S/C11H16FNO/c1-9-5-10(7-11(12)6-9)8-13(2)3-4-14/h5-7,14H,3-4,8H2,1-2H3. The van der Waals surface area contributed by atoms with Gasteiger partial charge in [-0.05, 0) is 37.2 Å². The number of halogens is 1. The minimum absolute atomic E-state index is 0.130. The molecule has 1 rings (SSSR count). The molecule has 0 aliphatic carbocycles. The molecule has 0 heterocycles. The van der Waals surface area contributed by atoms with Gasteiger partial charge in [-0.15, -0.1) is 0 Å². The van der Waals surface area contributed by atoms with E-state index < -0.39 is 0 Å². The summed E-state index contributed by atoms with van der Waals surface area (Å²) in [5.74, 6) is -0.197. The molecule has 3 heteroatoms. The molecule has 0 amide bonds. The Morgan fingerprint density at radius 2 is 2.07 bits per heavy atom. The average molecular weight is 197 g/mol. The maximum absolute atomic E-state index is 13.0. The first-order valence-electron chi connectivity index (χ1n) is 4.67. The van der Waals surface area contributed by atoms with Crippen molar-refractivity contribution in [3.8, 4) is 0 Å². The number of hydrogen-bond donors (Lipinski definition) is 1. The quantitative estimate of drug-likeness (QED) is 0.791. The number of hydrogen-bond acceptors (Lipinski definition) is 2. The molecule has 78 valence electrons. The molecule has 14 heavy (non-hydrogen) atoms. The molecular weight excluding hydrogens is 181 g/mol. The Hall–Kier alpha value is -0.930. The first-order valence-corrected chi connectivity index (χ1v) is 4.67. The van der Waals surface area contributed by atoms with Crippen LogP contribution in [0, 0.1) is 12.7 Å². The average Bonchev–Trinajstić information content (AvgIpc) is 2.01. The number of nitrogens with zero attached hydrogens (tertiary/aromatic N) is 1. The lowest BCUT2D eigenvalue weighted by Gasteiger charge is -2.15. The van der Waals surface area contributed by atoms with Gasteiger partial charge in [0.2, 0.25) is 0 Å². The molecule has 0 saturated heterocycles. The molecule has 0 aliphatic heterocycles. The van der Waals surface area contributed by atoms with E-state index in [1.807, 2.05) is 24.9 Å². The molecule has 2 nitrogen and oxygen atoms in total. The van der Waals surface area contributed by atoms with Crippen LogP contribution < -0.4 is 0 Å². The Morgan fingerprint density at radius 3 is 2.64 bits per heavy atom. The van der Waals surface area contributed by atoms with E-state index in [4.69, 9.17) is 5.11 Å². The summed E-state index contributed by atoms with van der Waals surface area (Å²) in [6, 6.07) is 4.99. The molecule has 0 fully saturated rings. The van der Waals surface area contributed by atoms with Crippen molar-refractivity contribution in [1.82, 2.24) is 4.90 Å². The molecule has 0 radical (unpaired) electrons. The second-order valence-electron chi connectivity index (χ2n) is 3.60. The predicted molar refractivity (Wildman–Crippen MR) is 54.6 cm³/mol. The first-order chi connectivity index (χ1) is 6.61. The number of rotatable bonds is 4. The second-order valence-corrected chi connectivity index (χ2v) is 3.60. The Balaban J connectivity index is 2.66. The summed E-state index contributed by atoms with van der Waals surface area (Å²) in [6.07, 6.45) is 0. The van der Waals surface area contributed by atoms with Crippen molar-refractivity contribution < 1.29 is 9.50 Å². The van der Waals surface area contributed by atoms with Crippen LogP contribution in [0.3, 0.4) is 0 Å². The van der Waals surface area contributed by atoms with E-state index in [0.717, 1.165) is 11.1 Å². The molecule has 0 atom stereocenters. The predicted octanol–water partition coefficient (Wildman–Crippen LogP) is 1.56. The highest BCUT2D eigenvalue weighted by Crippen LogP contribution is 2.09. The van der Waals surface area contributed by atoms with E-state index in [0.29, 0.717) is 13.1 Å². The Kier molecular flexibility index (Phi) is 4.04. The number of benzene rings is 1. The summed E-state index contributed by atoms with van der Waals surface area (Å²) in [4.78, 5) is 1.95. The fraction of sp³-hybridized carbons (Fsp3) is 0.455. The van der Waals surface area contributed by atoms with Crippen LogP contribution in [0.5, 0.6) is 0 Å². The molecule has 0 aromatic heterocycles. The van der Waals surface area contributed by atoms with Gasteiger partial charge < -0.3 is 5.11 Å². The second kappa shape index (κ2) is 5.08. The van der Waals surface area contributed by atoms with Crippen molar-refractivity contribution in [3.05, 3.63) is 35.1 Å². The molecule has 1 aromatic carbocycles. The van der Waals surface area contributed by atoms with Gasteiger partial charge >= 0.3 is 0 Å². The van der Waals surface area contributed by atoms with E-state index in [1.54, 1.807) is 0 Å². The van der Waals surface area contributed by atoms with Crippen molar-refractivity contribution in [3.63, 3.8) is 0 Å². The summed E-state index contributed by atoms with van der Waals surface area (Å²) >= 11 is 0. The number of aryl methyl sites for hydroxylation is 1. The van der Waals surface area contributed by atoms with Crippen molar-refractivity contribution in [2.24, 2.45) is 0 Å². The zero-order valence-corrected chi connectivity index (χ0v) is 8.63. The van der Waals surface area contributed by atoms with Crippen LogP contribution in [0.25, 0.3) is 0 Å². The SMILES string of the molecule is Cc1cc(F)cc(CN(C)CCO)c1. The zero-order chi connectivity index (χ0) is 10.6. The van der Waals surface area contributed by atoms with E-state index >= 15 is 0 Å². The van der Waals surface area contributed by atoms with Crippen LogP contribution in [0.1, 0.15) is 11.1 Å². The lowest BCUT2D eigenvalue weighted by molar-refractivity contribution is 0.217. The first kappa shape index (κ1) is 11.1. The Morgan fingerprint density at radius 1 is 1.36 bits per heavy atom. The van der Waals surface area contributed by atoms with E-state index in [9.17, 15) is 4.39 Å². The molecule has 0 bridgehead atoms. The minimum Gasteiger partial charge on any atom is -0.395 e. The van der Waals surface area contributed by atoms with E-state index in [-0.39, 0.29) is 12.4 Å². The van der Waals surface area contributed by atoms with Gasteiger partial charge in [0, 0.05) is 13.1 Å². The van der Waals surface area contributed by atoms with Crippen molar-refractivity contribution >= 4 is 0 Å². The van der Waals surface area contributed by atoms with E-state index in [2.05, 4.69) is 0 Å². The fourth-order valence-electron chi connectivity index (χ4n) is 1.46. The van der Waals surface area contributed by atoms with Gasteiger partial charge in [0.15, 0.2) is 0 Å². The fourth-order valence-corrected chi connectivity index (χ4v) is 1.46. The van der Waals surface area contributed by atoms with Gasteiger partial charge in [-0.2, -0.15) is 0 Å². The number of aliphatic hydroxyl groups is 1. The monoisotopic (exact) mass is 197 g/mol. The third-order valence-electron chi connectivity index (χ3n) is 2.04. The molecule has 0 aliphatic rings. The minimum atomic E-state index is -0.197. The Labute approximate surface area is 84.0 Å². The van der Waals surface area contributed by atoms with E-state index in [1.165, 1.54) is 12.1 Å². The lowest BCUT2D eigenvalue weighted by atomic mass is 10.1. The number of likely N-dealkylation sites (N-methyl/N-ethyl adjacent to an activating group) is 1. The van der Waals surface area contributed by atoms with Gasteiger partial charge in [0.1, 0.15) is 5.82 Å². The van der Waals surface area contributed by atoms with Crippen LogP contribution in [-0.4, -0.2) is 30.2 Å². The number of aliphatic hydroxyl groups excluding tert-OH is 1. The highest BCUT2D eigenvalue weighted by molar-refractivity contribution is 5.23. The highest BCUT2D eigenvalue weighted by atomic mass is 19.1. The Bertz CT molecular complexity index is 281. The third kappa shape index (κ3) is 3.44. The van der Waals surface area contributed by atoms with Crippen LogP contribution in [0.15, 0.2) is 18.2 Å². The maximum Gasteiger partial charge on any atom is 0.123 e. The summed E-state index contributed by atoms with van der Waals surface area (Å²) in [5, 5.41) is 8.71.